The average molecular weight is 311 g/mol. The zero-order valence-electron chi connectivity index (χ0n) is 11.2. The molecule has 0 saturated heterocycles. The number of halogens is 3. The summed E-state index contributed by atoms with van der Waals surface area (Å²) in [5.41, 5.74) is 2.05. The number of benzene rings is 2. The highest BCUT2D eigenvalue weighted by molar-refractivity contribution is 6.30. The predicted molar refractivity (Wildman–Crippen MR) is 78.4 cm³/mol. The summed E-state index contributed by atoms with van der Waals surface area (Å²) in [6.45, 7) is 2.19. The third kappa shape index (κ3) is 4.16. The number of carbonyl (C=O) groups excluding carboxylic acids is 1. The van der Waals surface area contributed by atoms with E-state index >= 15 is 0 Å². The molecule has 0 aliphatic heterocycles. The van der Waals surface area contributed by atoms with Gasteiger partial charge >= 0.3 is 6.03 Å². The Kier molecular flexibility index (Phi) is 4.75. The van der Waals surface area contributed by atoms with Crippen molar-refractivity contribution in [1.29, 1.82) is 0 Å². The van der Waals surface area contributed by atoms with Gasteiger partial charge in [-0.1, -0.05) is 17.7 Å². The summed E-state index contributed by atoms with van der Waals surface area (Å²) in [6, 6.07) is 8.00. The van der Waals surface area contributed by atoms with E-state index in [-0.39, 0.29) is 5.69 Å². The zero-order valence-corrected chi connectivity index (χ0v) is 12.0. The predicted octanol–water partition coefficient (Wildman–Crippen LogP) is 4.25. The molecule has 0 heterocycles. The van der Waals surface area contributed by atoms with Gasteiger partial charge in [-0.25, -0.2) is 13.6 Å². The molecule has 2 rings (SSSR count). The van der Waals surface area contributed by atoms with Crippen molar-refractivity contribution in [3.63, 3.8) is 0 Å². The number of amides is 2. The molecule has 6 heteroatoms. The third-order valence-corrected chi connectivity index (χ3v) is 3.16. The summed E-state index contributed by atoms with van der Waals surface area (Å²) in [7, 11) is 0. The van der Waals surface area contributed by atoms with E-state index in [0.717, 1.165) is 23.3 Å². The number of anilines is 1. The number of urea groups is 1. The molecule has 2 amide bonds. The largest absolute Gasteiger partial charge is 0.334 e. The second-order valence-electron chi connectivity index (χ2n) is 4.51. The molecule has 110 valence electrons. The summed E-state index contributed by atoms with van der Waals surface area (Å²) in [4.78, 5) is 11.7. The van der Waals surface area contributed by atoms with Crippen LogP contribution < -0.4 is 10.6 Å². The van der Waals surface area contributed by atoms with Gasteiger partial charge in [0.25, 0.3) is 0 Å². The highest BCUT2D eigenvalue weighted by atomic mass is 35.5. The molecular formula is C15H13ClF2N2O. The van der Waals surface area contributed by atoms with Crippen LogP contribution in [0, 0.1) is 18.6 Å². The van der Waals surface area contributed by atoms with Crippen LogP contribution in [-0.4, -0.2) is 6.03 Å². The smallest absolute Gasteiger partial charge is 0.319 e. The Labute approximate surface area is 125 Å². The topological polar surface area (TPSA) is 41.1 Å². The highest BCUT2D eigenvalue weighted by Crippen LogP contribution is 2.15. The van der Waals surface area contributed by atoms with Gasteiger partial charge < -0.3 is 10.6 Å². The molecule has 0 atom stereocenters. The molecule has 21 heavy (non-hydrogen) atoms. The molecule has 0 unspecified atom stereocenters. The van der Waals surface area contributed by atoms with Gasteiger partial charge in [0, 0.05) is 23.3 Å². The molecule has 0 radical (unpaired) electrons. The highest BCUT2D eigenvalue weighted by Gasteiger charge is 2.06. The Bertz CT molecular complexity index is 677. The van der Waals surface area contributed by atoms with Crippen LogP contribution in [0.2, 0.25) is 5.02 Å². The fourth-order valence-corrected chi connectivity index (χ4v) is 2.01. The Balaban J connectivity index is 1.94. The number of aryl methyl sites for hydroxylation is 1. The first-order chi connectivity index (χ1) is 9.95. The minimum atomic E-state index is -1.01. The van der Waals surface area contributed by atoms with E-state index in [1.54, 1.807) is 12.1 Å². The van der Waals surface area contributed by atoms with E-state index in [1.807, 2.05) is 13.0 Å². The molecule has 0 aromatic heterocycles. The van der Waals surface area contributed by atoms with Gasteiger partial charge in [-0.15, -0.1) is 0 Å². The molecular weight excluding hydrogens is 298 g/mol. The summed E-state index contributed by atoms with van der Waals surface area (Å²) >= 11 is 5.85. The van der Waals surface area contributed by atoms with Crippen molar-refractivity contribution < 1.29 is 13.6 Å². The van der Waals surface area contributed by atoms with Crippen molar-refractivity contribution in [2.24, 2.45) is 0 Å². The van der Waals surface area contributed by atoms with E-state index in [0.29, 0.717) is 11.6 Å². The van der Waals surface area contributed by atoms with Crippen molar-refractivity contribution in [2.75, 3.05) is 5.32 Å². The molecule has 2 N–H and O–H groups in total. The number of rotatable bonds is 3. The summed E-state index contributed by atoms with van der Waals surface area (Å²) in [6.07, 6.45) is 0. The Morgan fingerprint density at radius 3 is 2.57 bits per heavy atom. The van der Waals surface area contributed by atoms with Gasteiger partial charge in [-0.05, 0) is 42.3 Å². The minimum Gasteiger partial charge on any atom is -0.334 e. The molecule has 2 aromatic carbocycles. The standard InChI is InChI=1S/C15H13ClF2N2O/c1-9-6-11(16)3-2-10(9)8-19-15(21)20-12-4-5-13(17)14(18)7-12/h2-7H,8H2,1H3,(H2,19,20,21). The Morgan fingerprint density at radius 2 is 1.90 bits per heavy atom. The SMILES string of the molecule is Cc1cc(Cl)ccc1CNC(=O)Nc1ccc(F)c(F)c1. The molecule has 0 aliphatic carbocycles. The monoisotopic (exact) mass is 310 g/mol. The van der Waals surface area contributed by atoms with Crippen LogP contribution in [0.5, 0.6) is 0 Å². The molecule has 0 bridgehead atoms. The lowest BCUT2D eigenvalue weighted by Gasteiger charge is -2.10. The second-order valence-corrected chi connectivity index (χ2v) is 4.94. The van der Waals surface area contributed by atoms with E-state index in [4.69, 9.17) is 11.6 Å². The molecule has 0 spiro atoms. The number of nitrogens with one attached hydrogen (secondary N) is 2. The summed E-state index contributed by atoms with van der Waals surface area (Å²) in [5, 5.41) is 5.69. The van der Waals surface area contributed by atoms with E-state index in [9.17, 15) is 13.6 Å². The van der Waals surface area contributed by atoms with Crippen LogP contribution in [0.3, 0.4) is 0 Å². The molecule has 0 aliphatic rings. The molecule has 0 saturated carbocycles. The van der Waals surface area contributed by atoms with Gasteiger partial charge in [0.15, 0.2) is 11.6 Å². The number of carbonyl (C=O) groups is 1. The van der Waals surface area contributed by atoms with Crippen molar-refractivity contribution in [3.05, 3.63) is 64.2 Å². The van der Waals surface area contributed by atoms with Crippen LogP contribution >= 0.6 is 11.6 Å². The van der Waals surface area contributed by atoms with Crippen LogP contribution in [0.15, 0.2) is 36.4 Å². The lowest BCUT2D eigenvalue weighted by Crippen LogP contribution is -2.28. The van der Waals surface area contributed by atoms with Gasteiger partial charge in [-0.3, -0.25) is 0 Å². The van der Waals surface area contributed by atoms with Gasteiger partial charge in [0.1, 0.15) is 0 Å². The lowest BCUT2D eigenvalue weighted by atomic mass is 10.1. The third-order valence-electron chi connectivity index (χ3n) is 2.92. The van der Waals surface area contributed by atoms with Crippen molar-refractivity contribution in [1.82, 2.24) is 5.32 Å². The van der Waals surface area contributed by atoms with Gasteiger partial charge in [0.2, 0.25) is 0 Å². The summed E-state index contributed by atoms with van der Waals surface area (Å²) < 4.78 is 25.8. The number of hydrogen-bond donors (Lipinski definition) is 2. The number of hydrogen-bond acceptors (Lipinski definition) is 1. The maximum atomic E-state index is 13.0. The van der Waals surface area contributed by atoms with Crippen molar-refractivity contribution in [3.8, 4) is 0 Å². The Hall–Kier alpha value is -2.14. The fourth-order valence-electron chi connectivity index (χ4n) is 1.78. The fraction of sp³-hybridized carbons (Fsp3) is 0.133. The second kappa shape index (κ2) is 6.54. The van der Waals surface area contributed by atoms with Crippen molar-refractivity contribution in [2.45, 2.75) is 13.5 Å². The Morgan fingerprint density at radius 1 is 1.14 bits per heavy atom. The minimum absolute atomic E-state index is 0.180. The first-order valence-corrected chi connectivity index (χ1v) is 6.58. The summed E-state index contributed by atoms with van der Waals surface area (Å²) in [5.74, 6) is -1.97. The van der Waals surface area contributed by atoms with Crippen LogP contribution in [0.1, 0.15) is 11.1 Å². The first-order valence-electron chi connectivity index (χ1n) is 6.20. The van der Waals surface area contributed by atoms with Crippen LogP contribution in [-0.2, 0) is 6.54 Å². The molecule has 3 nitrogen and oxygen atoms in total. The van der Waals surface area contributed by atoms with Gasteiger partial charge in [0.05, 0.1) is 0 Å². The van der Waals surface area contributed by atoms with Gasteiger partial charge in [-0.2, -0.15) is 0 Å². The quantitative estimate of drug-likeness (QED) is 0.874. The van der Waals surface area contributed by atoms with Crippen LogP contribution in [0.4, 0.5) is 19.3 Å². The lowest BCUT2D eigenvalue weighted by molar-refractivity contribution is 0.251. The maximum absolute atomic E-state index is 13.0. The normalized spacial score (nSPS) is 10.3. The zero-order chi connectivity index (χ0) is 15.4. The van der Waals surface area contributed by atoms with E-state index in [1.165, 1.54) is 6.07 Å². The van der Waals surface area contributed by atoms with Crippen molar-refractivity contribution >= 4 is 23.3 Å². The molecule has 0 fully saturated rings. The van der Waals surface area contributed by atoms with E-state index in [2.05, 4.69) is 10.6 Å². The average Bonchev–Trinajstić information content (AvgIpc) is 2.42. The molecule has 2 aromatic rings. The first kappa shape index (κ1) is 15.3. The van der Waals surface area contributed by atoms with E-state index < -0.39 is 17.7 Å². The maximum Gasteiger partial charge on any atom is 0.319 e. The van der Waals surface area contributed by atoms with Crippen LogP contribution in [0.25, 0.3) is 0 Å².